The summed E-state index contributed by atoms with van der Waals surface area (Å²) in [6, 6.07) is -0.145. The topological polar surface area (TPSA) is 109 Å². The summed E-state index contributed by atoms with van der Waals surface area (Å²) in [5.74, 6) is 0.425. The summed E-state index contributed by atoms with van der Waals surface area (Å²) in [7, 11) is -3.90. The maximum Gasteiger partial charge on any atom is 0.273 e. The molecule has 0 aliphatic carbocycles. The largest absolute Gasteiger partial charge is 0.376 e. The summed E-state index contributed by atoms with van der Waals surface area (Å²) in [5, 5.41) is 12.4. The van der Waals surface area contributed by atoms with Gasteiger partial charge in [-0.3, -0.25) is 4.57 Å². The molecule has 0 bridgehead atoms. The van der Waals surface area contributed by atoms with Crippen LogP contribution in [0.2, 0.25) is 0 Å². The number of aromatic nitrogens is 3. The van der Waals surface area contributed by atoms with Crippen LogP contribution in [0.3, 0.4) is 0 Å². The van der Waals surface area contributed by atoms with Gasteiger partial charge in [-0.15, -0.1) is 10.2 Å². The lowest BCUT2D eigenvalue weighted by Gasteiger charge is -2.24. The number of nitrogens with two attached hydrogens (primary N) is 1. The van der Waals surface area contributed by atoms with E-state index in [9.17, 15) is 8.42 Å². The van der Waals surface area contributed by atoms with E-state index in [1.165, 1.54) is 4.57 Å². The second kappa shape index (κ2) is 4.92. The minimum atomic E-state index is -3.90. The number of hydrogen-bond donors (Lipinski definition) is 1. The van der Waals surface area contributed by atoms with E-state index in [-0.39, 0.29) is 11.2 Å². The highest BCUT2D eigenvalue weighted by atomic mass is 32.2. The van der Waals surface area contributed by atoms with E-state index in [2.05, 4.69) is 10.2 Å². The third kappa shape index (κ3) is 2.53. The van der Waals surface area contributed by atoms with Crippen molar-refractivity contribution in [1.82, 2.24) is 14.8 Å². The number of nitrogens with zero attached hydrogens (tertiary/aromatic N) is 3. The highest BCUT2D eigenvalue weighted by molar-refractivity contribution is 7.89. The molecule has 0 amide bonds. The molecular formula is C9H16N4O4S. The van der Waals surface area contributed by atoms with Crippen LogP contribution in [0.1, 0.15) is 31.8 Å². The zero-order valence-corrected chi connectivity index (χ0v) is 11.1. The molecule has 18 heavy (non-hydrogen) atoms. The fraction of sp³-hybridized carbons (Fsp3) is 0.778. The molecule has 0 radical (unpaired) electrons. The van der Waals surface area contributed by atoms with E-state index in [0.717, 1.165) is 0 Å². The number of hydrogen-bond acceptors (Lipinski definition) is 6. The molecule has 102 valence electrons. The second-order valence-corrected chi connectivity index (χ2v) is 5.74. The first-order valence-corrected chi connectivity index (χ1v) is 7.13. The number of primary sulfonamides is 1. The second-order valence-electron chi connectivity index (χ2n) is 4.28. The summed E-state index contributed by atoms with van der Waals surface area (Å²) in [5.41, 5.74) is 0. The predicted octanol–water partition coefficient (Wildman–Crippen LogP) is -0.406. The maximum absolute atomic E-state index is 11.4. The molecule has 8 nitrogen and oxygen atoms in total. The van der Waals surface area contributed by atoms with Crippen molar-refractivity contribution in [3.63, 3.8) is 0 Å². The molecule has 2 heterocycles. The normalized spacial score (nSPS) is 21.4. The van der Waals surface area contributed by atoms with Crippen molar-refractivity contribution in [2.24, 2.45) is 5.14 Å². The Morgan fingerprint density at radius 1 is 1.39 bits per heavy atom. The summed E-state index contributed by atoms with van der Waals surface area (Å²) < 4.78 is 35.1. The Balaban J connectivity index is 2.45. The lowest BCUT2D eigenvalue weighted by molar-refractivity contribution is -0.0952. The van der Waals surface area contributed by atoms with Crippen molar-refractivity contribution in [2.45, 2.75) is 31.1 Å². The van der Waals surface area contributed by atoms with Crippen LogP contribution in [-0.2, 0) is 19.5 Å². The zero-order valence-electron chi connectivity index (χ0n) is 10.2. The lowest BCUT2D eigenvalue weighted by Crippen LogP contribution is -2.27. The summed E-state index contributed by atoms with van der Waals surface area (Å²) >= 11 is 0. The molecule has 2 N–H and O–H groups in total. The smallest absolute Gasteiger partial charge is 0.273 e. The van der Waals surface area contributed by atoms with E-state index < -0.39 is 16.1 Å². The van der Waals surface area contributed by atoms with Crippen LogP contribution >= 0.6 is 0 Å². The van der Waals surface area contributed by atoms with E-state index in [4.69, 9.17) is 14.6 Å². The monoisotopic (exact) mass is 276 g/mol. The van der Waals surface area contributed by atoms with E-state index in [0.29, 0.717) is 25.6 Å². The molecule has 0 spiro atoms. The van der Waals surface area contributed by atoms with Crippen molar-refractivity contribution in [1.29, 1.82) is 0 Å². The lowest BCUT2D eigenvalue weighted by atomic mass is 10.3. The van der Waals surface area contributed by atoms with Gasteiger partial charge in [0.2, 0.25) is 0 Å². The highest BCUT2D eigenvalue weighted by Crippen LogP contribution is 2.24. The van der Waals surface area contributed by atoms with Crippen molar-refractivity contribution in [3.8, 4) is 0 Å². The number of ether oxygens (including phenoxy) is 2. The zero-order chi connectivity index (χ0) is 13.3. The Hall–Kier alpha value is -1.03. The highest BCUT2D eigenvalue weighted by Gasteiger charge is 2.29. The Kier molecular flexibility index (Phi) is 3.66. The van der Waals surface area contributed by atoms with Gasteiger partial charge in [-0.25, -0.2) is 13.6 Å². The maximum atomic E-state index is 11.4. The fourth-order valence-electron chi connectivity index (χ4n) is 1.82. The van der Waals surface area contributed by atoms with Gasteiger partial charge in [-0.05, 0) is 13.8 Å². The Labute approximate surface area is 105 Å². The molecule has 0 saturated carbocycles. The summed E-state index contributed by atoms with van der Waals surface area (Å²) in [6.07, 6.45) is -0.413. The van der Waals surface area contributed by atoms with Gasteiger partial charge < -0.3 is 9.47 Å². The molecule has 1 atom stereocenters. The van der Waals surface area contributed by atoms with Gasteiger partial charge in [0.25, 0.3) is 15.2 Å². The van der Waals surface area contributed by atoms with Gasteiger partial charge >= 0.3 is 0 Å². The van der Waals surface area contributed by atoms with Crippen molar-refractivity contribution >= 4 is 10.0 Å². The van der Waals surface area contributed by atoms with Crippen LogP contribution in [0.25, 0.3) is 0 Å². The molecule has 9 heteroatoms. The average Bonchev–Trinajstić information content (AvgIpc) is 2.74. The minimum Gasteiger partial charge on any atom is -0.376 e. The first kappa shape index (κ1) is 13.4. The van der Waals surface area contributed by atoms with E-state index in [1.54, 1.807) is 0 Å². The molecule has 1 aromatic rings. The third-order valence-electron chi connectivity index (χ3n) is 2.57. The summed E-state index contributed by atoms with van der Waals surface area (Å²) in [6.45, 7) is 4.95. The van der Waals surface area contributed by atoms with Crippen LogP contribution in [0.4, 0.5) is 0 Å². The molecule has 1 aromatic heterocycles. The quantitative estimate of drug-likeness (QED) is 0.804. The molecule has 2 rings (SSSR count). The first-order valence-electron chi connectivity index (χ1n) is 5.58. The van der Waals surface area contributed by atoms with Gasteiger partial charge in [-0.2, -0.15) is 0 Å². The van der Waals surface area contributed by atoms with Crippen LogP contribution in [0.5, 0.6) is 0 Å². The van der Waals surface area contributed by atoms with E-state index in [1.807, 2.05) is 13.8 Å². The van der Waals surface area contributed by atoms with Gasteiger partial charge in [0.05, 0.1) is 19.8 Å². The molecule has 1 aliphatic heterocycles. The van der Waals surface area contributed by atoms with Crippen LogP contribution in [0.15, 0.2) is 5.16 Å². The van der Waals surface area contributed by atoms with Crippen LogP contribution in [-0.4, -0.2) is 43.0 Å². The van der Waals surface area contributed by atoms with E-state index >= 15 is 0 Å². The molecule has 1 fully saturated rings. The molecule has 1 aliphatic rings. The van der Waals surface area contributed by atoms with Crippen LogP contribution in [0, 0.1) is 0 Å². The Morgan fingerprint density at radius 2 is 2.11 bits per heavy atom. The number of sulfonamides is 1. The van der Waals surface area contributed by atoms with Crippen molar-refractivity contribution < 1.29 is 17.9 Å². The molecule has 0 aromatic carbocycles. The molecular weight excluding hydrogens is 260 g/mol. The minimum absolute atomic E-state index is 0.145. The van der Waals surface area contributed by atoms with Crippen molar-refractivity contribution in [3.05, 3.63) is 5.82 Å². The molecule has 1 unspecified atom stereocenters. The van der Waals surface area contributed by atoms with Gasteiger partial charge in [0, 0.05) is 6.04 Å². The SMILES string of the molecule is CC(C)n1c(C2COCCO2)nnc1S(N)(=O)=O. The van der Waals surface area contributed by atoms with Gasteiger partial charge in [-0.1, -0.05) is 0 Å². The van der Waals surface area contributed by atoms with Crippen molar-refractivity contribution in [2.75, 3.05) is 19.8 Å². The Morgan fingerprint density at radius 3 is 2.61 bits per heavy atom. The predicted molar refractivity (Wildman–Crippen MR) is 61.3 cm³/mol. The standard InChI is InChI=1S/C9H16N4O4S/c1-6(2)13-8(7-5-16-3-4-17-7)11-12-9(13)18(10,14)15/h6-7H,3-5H2,1-2H3,(H2,10,14,15). The number of rotatable bonds is 3. The third-order valence-corrected chi connectivity index (χ3v) is 3.35. The summed E-state index contributed by atoms with van der Waals surface area (Å²) in [4.78, 5) is 0. The molecule has 1 saturated heterocycles. The van der Waals surface area contributed by atoms with Gasteiger partial charge in [0.15, 0.2) is 5.82 Å². The Bertz CT molecular complexity index is 519. The van der Waals surface area contributed by atoms with Crippen LogP contribution < -0.4 is 5.14 Å². The average molecular weight is 276 g/mol. The van der Waals surface area contributed by atoms with Gasteiger partial charge in [0.1, 0.15) is 6.10 Å². The first-order chi connectivity index (χ1) is 8.41. The fourth-order valence-corrected chi connectivity index (χ4v) is 2.56.